The average molecular weight is 387 g/mol. The number of alkyl halides is 3. The van der Waals surface area contributed by atoms with Gasteiger partial charge in [0.2, 0.25) is 0 Å². The number of sulfone groups is 1. The van der Waals surface area contributed by atoms with Crippen molar-refractivity contribution in [2.24, 2.45) is 0 Å². The van der Waals surface area contributed by atoms with E-state index in [1.54, 1.807) is 6.92 Å². The maximum absolute atomic E-state index is 12.4. The lowest BCUT2D eigenvalue weighted by atomic mass is 10.1. The third-order valence-corrected chi connectivity index (χ3v) is 4.63. The standard InChI is InChI=1S/C17H16F3NO4S/c1-11-7-8-13(26(2,23)24)9-14(11)16(22)21-10-12-5-3-4-6-15(12)25-17(18,19)20/h3-9H,10H2,1-2H3,(H,21,22). The maximum Gasteiger partial charge on any atom is 0.573 e. The van der Waals surface area contributed by atoms with E-state index in [9.17, 15) is 26.4 Å². The molecule has 0 radical (unpaired) electrons. The van der Waals surface area contributed by atoms with Crippen LogP contribution in [0.4, 0.5) is 13.2 Å². The summed E-state index contributed by atoms with van der Waals surface area (Å²) in [5, 5.41) is 2.48. The molecule has 140 valence electrons. The van der Waals surface area contributed by atoms with E-state index in [1.807, 2.05) is 0 Å². The molecule has 1 N–H and O–H groups in total. The molecule has 0 aromatic heterocycles. The fraction of sp³-hybridized carbons (Fsp3) is 0.235. The fourth-order valence-electron chi connectivity index (χ4n) is 2.22. The van der Waals surface area contributed by atoms with Gasteiger partial charge in [-0.3, -0.25) is 4.79 Å². The van der Waals surface area contributed by atoms with E-state index >= 15 is 0 Å². The van der Waals surface area contributed by atoms with E-state index in [4.69, 9.17) is 0 Å². The number of ether oxygens (including phenoxy) is 1. The van der Waals surface area contributed by atoms with Crippen molar-refractivity contribution in [2.75, 3.05) is 6.26 Å². The number of carbonyl (C=O) groups is 1. The van der Waals surface area contributed by atoms with E-state index in [2.05, 4.69) is 10.1 Å². The third-order valence-electron chi connectivity index (χ3n) is 3.52. The van der Waals surface area contributed by atoms with Crippen LogP contribution in [0.15, 0.2) is 47.4 Å². The zero-order valence-electron chi connectivity index (χ0n) is 13.9. The summed E-state index contributed by atoms with van der Waals surface area (Å²) >= 11 is 0. The Morgan fingerprint density at radius 1 is 1.15 bits per heavy atom. The van der Waals surface area contributed by atoms with Crippen molar-refractivity contribution >= 4 is 15.7 Å². The van der Waals surface area contributed by atoms with E-state index < -0.39 is 27.9 Å². The predicted octanol–water partition coefficient (Wildman–Crippen LogP) is 3.23. The average Bonchev–Trinajstić information content (AvgIpc) is 2.51. The summed E-state index contributed by atoms with van der Waals surface area (Å²) in [5.41, 5.74) is 0.798. The summed E-state index contributed by atoms with van der Waals surface area (Å²) in [6.07, 6.45) is -3.83. The van der Waals surface area contributed by atoms with Crippen LogP contribution in [0, 0.1) is 6.92 Å². The molecule has 9 heteroatoms. The Morgan fingerprint density at radius 2 is 1.81 bits per heavy atom. The molecule has 2 aromatic carbocycles. The zero-order chi connectivity index (χ0) is 19.5. The number of hydrogen-bond donors (Lipinski definition) is 1. The SMILES string of the molecule is Cc1ccc(S(C)(=O)=O)cc1C(=O)NCc1ccccc1OC(F)(F)F. The lowest BCUT2D eigenvalue weighted by Gasteiger charge is -2.14. The van der Waals surface area contributed by atoms with Crippen molar-refractivity contribution in [3.05, 3.63) is 59.2 Å². The summed E-state index contributed by atoms with van der Waals surface area (Å²) in [4.78, 5) is 12.3. The van der Waals surface area contributed by atoms with Gasteiger partial charge in [0.15, 0.2) is 9.84 Å². The highest BCUT2D eigenvalue weighted by molar-refractivity contribution is 7.90. The summed E-state index contributed by atoms with van der Waals surface area (Å²) in [7, 11) is -3.49. The van der Waals surface area contributed by atoms with Gasteiger partial charge in [0, 0.05) is 23.9 Å². The number of para-hydroxylation sites is 1. The maximum atomic E-state index is 12.4. The van der Waals surface area contributed by atoms with Gasteiger partial charge in [-0.15, -0.1) is 13.2 Å². The molecular weight excluding hydrogens is 371 g/mol. The minimum atomic E-state index is -4.85. The topological polar surface area (TPSA) is 72.5 Å². The first-order chi connectivity index (χ1) is 12.0. The second-order valence-electron chi connectivity index (χ2n) is 5.59. The Hall–Kier alpha value is -2.55. The normalized spacial score (nSPS) is 11.9. The molecule has 2 aromatic rings. The molecule has 0 saturated carbocycles. The molecule has 0 aliphatic rings. The molecule has 0 unspecified atom stereocenters. The van der Waals surface area contributed by atoms with Crippen LogP contribution in [0.1, 0.15) is 21.5 Å². The van der Waals surface area contributed by atoms with Crippen LogP contribution in [-0.2, 0) is 16.4 Å². The van der Waals surface area contributed by atoms with E-state index in [-0.39, 0.29) is 22.6 Å². The smallest absolute Gasteiger partial charge is 0.405 e. The Morgan fingerprint density at radius 3 is 2.42 bits per heavy atom. The van der Waals surface area contributed by atoms with Crippen LogP contribution in [-0.4, -0.2) is 26.9 Å². The van der Waals surface area contributed by atoms with E-state index in [0.717, 1.165) is 12.3 Å². The molecule has 0 aliphatic heterocycles. The number of amides is 1. The van der Waals surface area contributed by atoms with E-state index in [0.29, 0.717) is 5.56 Å². The number of halogens is 3. The van der Waals surface area contributed by atoms with Gasteiger partial charge in [-0.1, -0.05) is 24.3 Å². The highest BCUT2D eigenvalue weighted by Crippen LogP contribution is 2.26. The van der Waals surface area contributed by atoms with Gasteiger partial charge in [-0.25, -0.2) is 8.42 Å². The summed E-state index contributed by atoms with van der Waals surface area (Å²) < 4.78 is 64.5. The molecule has 0 heterocycles. The van der Waals surface area contributed by atoms with Gasteiger partial charge in [-0.2, -0.15) is 0 Å². The molecule has 1 amide bonds. The molecule has 0 atom stereocenters. The van der Waals surface area contributed by atoms with Crippen LogP contribution in [0.2, 0.25) is 0 Å². The van der Waals surface area contributed by atoms with Crippen LogP contribution >= 0.6 is 0 Å². The summed E-state index contributed by atoms with van der Waals surface area (Å²) in [6.45, 7) is 1.41. The van der Waals surface area contributed by atoms with Gasteiger partial charge in [-0.05, 0) is 30.7 Å². The minimum Gasteiger partial charge on any atom is -0.405 e. The van der Waals surface area contributed by atoms with Gasteiger partial charge in [0.05, 0.1) is 4.90 Å². The number of aryl methyl sites for hydroxylation is 1. The first kappa shape index (κ1) is 19.8. The summed E-state index contributed by atoms with van der Waals surface area (Å²) in [6, 6.07) is 9.54. The molecule has 2 rings (SSSR count). The zero-order valence-corrected chi connectivity index (χ0v) is 14.7. The molecule has 0 bridgehead atoms. The van der Waals surface area contributed by atoms with Crippen molar-refractivity contribution in [2.45, 2.75) is 24.7 Å². The molecule has 0 spiro atoms. The van der Waals surface area contributed by atoms with Gasteiger partial charge < -0.3 is 10.1 Å². The molecule has 26 heavy (non-hydrogen) atoms. The number of carbonyl (C=O) groups excluding carboxylic acids is 1. The van der Waals surface area contributed by atoms with E-state index in [1.165, 1.54) is 36.4 Å². The largest absolute Gasteiger partial charge is 0.573 e. The van der Waals surface area contributed by atoms with Crippen LogP contribution < -0.4 is 10.1 Å². The lowest BCUT2D eigenvalue weighted by Crippen LogP contribution is -2.25. The fourth-order valence-corrected chi connectivity index (χ4v) is 2.87. The molecule has 0 saturated heterocycles. The van der Waals surface area contributed by atoms with Crippen molar-refractivity contribution in [3.8, 4) is 5.75 Å². The highest BCUT2D eigenvalue weighted by Gasteiger charge is 2.32. The van der Waals surface area contributed by atoms with Crippen LogP contribution in [0.25, 0.3) is 0 Å². The van der Waals surface area contributed by atoms with Crippen molar-refractivity contribution in [3.63, 3.8) is 0 Å². The second-order valence-corrected chi connectivity index (χ2v) is 7.60. The van der Waals surface area contributed by atoms with Crippen molar-refractivity contribution in [1.82, 2.24) is 5.32 Å². The number of rotatable bonds is 5. The quantitative estimate of drug-likeness (QED) is 0.855. The Bertz CT molecular complexity index is 924. The molecule has 0 fully saturated rings. The first-order valence-electron chi connectivity index (χ1n) is 7.40. The molecule has 0 aliphatic carbocycles. The highest BCUT2D eigenvalue weighted by atomic mass is 32.2. The predicted molar refractivity (Wildman–Crippen MR) is 88.6 cm³/mol. The molecular formula is C17H16F3NO4S. The Kier molecular flexibility index (Phi) is 5.60. The molecule has 5 nitrogen and oxygen atoms in total. The number of benzene rings is 2. The Balaban J connectivity index is 2.20. The number of nitrogens with one attached hydrogen (secondary N) is 1. The van der Waals surface area contributed by atoms with Gasteiger partial charge in [0.25, 0.3) is 5.91 Å². The third kappa shape index (κ3) is 5.22. The summed E-state index contributed by atoms with van der Waals surface area (Å²) in [5.74, 6) is -1.02. The monoisotopic (exact) mass is 387 g/mol. The Labute approximate surface area is 148 Å². The van der Waals surface area contributed by atoms with Crippen LogP contribution in [0.3, 0.4) is 0 Å². The van der Waals surface area contributed by atoms with Crippen LogP contribution in [0.5, 0.6) is 5.75 Å². The van der Waals surface area contributed by atoms with Gasteiger partial charge in [0.1, 0.15) is 5.75 Å². The first-order valence-corrected chi connectivity index (χ1v) is 9.29. The lowest BCUT2D eigenvalue weighted by molar-refractivity contribution is -0.274. The second kappa shape index (κ2) is 7.36. The number of hydrogen-bond acceptors (Lipinski definition) is 4. The minimum absolute atomic E-state index is 0.0194. The van der Waals surface area contributed by atoms with Gasteiger partial charge >= 0.3 is 6.36 Å². The van der Waals surface area contributed by atoms with Crippen molar-refractivity contribution in [1.29, 1.82) is 0 Å². The van der Waals surface area contributed by atoms with Crippen molar-refractivity contribution < 1.29 is 31.1 Å².